The highest BCUT2D eigenvalue weighted by molar-refractivity contribution is 5.40. The molecule has 2 rings (SSSR count). The summed E-state index contributed by atoms with van der Waals surface area (Å²) in [7, 11) is 1.82. The van der Waals surface area contributed by atoms with Gasteiger partial charge in [0.2, 0.25) is 0 Å². The molecule has 2 N–H and O–H groups in total. The third-order valence-electron chi connectivity index (χ3n) is 3.34. The molecule has 0 saturated heterocycles. The van der Waals surface area contributed by atoms with E-state index in [9.17, 15) is 13.2 Å². The molecule has 0 bridgehead atoms. The average Bonchev–Trinajstić information content (AvgIpc) is 3.13. The van der Waals surface area contributed by atoms with E-state index in [0.29, 0.717) is 18.3 Å². The van der Waals surface area contributed by atoms with E-state index in [1.165, 1.54) is 6.07 Å². The molecule has 1 aromatic heterocycles. The molecule has 1 aliphatic rings. The molecule has 1 heterocycles. The predicted octanol–water partition coefficient (Wildman–Crippen LogP) is 2.27. The summed E-state index contributed by atoms with van der Waals surface area (Å²) < 4.78 is 37.2. The number of aromatic nitrogens is 1. The van der Waals surface area contributed by atoms with E-state index in [0.717, 1.165) is 25.1 Å². The van der Waals surface area contributed by atoms with Crippen LogP contribution in [0.25, 0.3) is 0 Å². The number of hydrogen-bond acceptors (Lipinski definition) is 3. The minimum Gasteiger partial charge on any atom is -0.355 e. The van der Waals surface area contributed by atoms with Gasteiger partial charge in [-0.05, 0) is 30.9 Å². The van der Waals surface area contributed by atoms with Crippen LogP contribution in [-0.4, -0.2) is 24.6 Å². The second kappa shape index (κ2) is 4.76. The third kappa shape index (κ3) is 2.75. The molecule has 0 aliphatic heterocycles. The van der Waals surface area contributed by atoms with Gasteiger partial charge in [-0.1, -0.05) is 0 Å². The zero-order valence-electron chi connectivity index (χ0n) is 10.1. The van der Waals surface area contributed by atoms with Crippen molar-refractivity contribution in [1.82, 2.24) is 4.98 Å². The number of nitrogens with two attached hydrogens (primary N) is 1. The molecule has 0 spiro atoms. The molecule has 100 valence electrons. The topological polar surface area (TPSA) is 42.2 Å². The standard InChI is InChI=1S/C12H16F3N3/c1-18(10(6-16)8-2-3-8)11-5-4-9(7-17-11)12(13,14)15/h4-5,7-8,10H,2-3,6,16H2,1H3. The molecule has 0 amide bonds. The summed E-state index contributed by atoms with van der Waals surface area (Å²) in [6, 6.07) is 2.61. The first kappa shape index (κ1) is 13.1. The quantitative estimate of drug-likeness (QED) is 0.902. The molecule has 3 nitrogen and oxygen atoms in total. The lowest BCUT2D eigenvalue weighted by Crippen LogP contribution is -2.40. The van der Waals surface area contributed by atoms with Crippen LogP contribution in [0.4, 0.5) is 19.0 Å². The van der Waals surface area contributed by atoms with Gasteiger partial charge >= 0.3 is 6.18 Å². The molecule has 6 heteroatoms. The maximum atomic E-state index is 12.4. The normalized spacial score (nSPS) is 17.6. The molecule has 0 radical (unpaired) electrons. The minimum atomic E-state index is -4.34. The van der Waals surface area contributed by atoms with Gasteiger partial charge in [-0.2, -0.15) is 13.2 Å². The van der Waals surface area contributed by atoms with Gasteiger partial charge in [-0.15, -0.1) is 0 Å². The van der Waals surface area contributed by atoms with Crippen molar-refractivity contribution in [2.24, 2.45) is 11.7 Å². The largest absolute Gasteiger partial charge is 0.417 e. The lowest BCUT2D eigenvalue weighted by molar-refractivity contribution is -0.137. The molecule has 1 saturated carbocycles. The van der Waals surface area contributed by atoms with Crippen LogP contribution in [0.5, 0.6) is 0 Å². The van der Waals surface area contributed by atoms with Gasteiger partial charge in [0.15, 0.2) is 0 Å². The summed E-state index contributed by atoms with van der Waals surface area (Å²) in [4.78, 5) is 5.75. The highest BCUT2D eigenvalue weighted by Crippen LogP contribution is 2.36. The molecule has 0 aromatic carbocycles. The Hall–Kier alpha value is -1.30. The van der Waals surface area contributed by atoms with E-state index in [2.05, 4.69) is 4.98 Å². The van der Waals surface area contributed by atoms with Crippen LogP contribution in [0.2, 0.25) is 0 Å². The minimum absolute atomic E-state index is 0.161. The number of rotatable bonds is 4. The molecular weight excluding hydrogens is 243 g/mol. The Balaban J connectivity index is 2.13. The summed E-state index contributed by atoms with van der Waals surface area (Å²) in [5.74, 6) is 1.08. The van der Waals surface area contributed by atoms with E-state index in [1.54, 1.807) is 0 Å². The number of pyridine rings is 1. The SMILES string of the molecule is CN(c1ccc(C(F)(F)F)cn1)C(CN)C1CC1. The summed E-state index contributed by atoms with van der Waals surface area (Å²) >= 11 is 0. The van der Waals surface area contributed by atoms with E-state index in [1.807, 2.05) is 11.9 Å². The van der Waals surface area contributed by atoms with Gasteiger partial charge in [-0.3, -0.25) is 0 Å². The zero-order chi connectivity index (χ0) is 13.3. The van der Waals surface area contributed by atoms with Gasteiger partial charge in [0, 0.05) is 25.8 Å². The Kier molecular flexibility index (Phi) is 3.47. The maximum absolute atomic E-state index is 12.4. The van der Waals surface area contributed by atoms with Crippen molar-refractivity contribution < 1.29 is 13.2 Å². The van der Waals surface area contributed by atoms with Gasteiger partial charge in [-0.25, -0.2) is 4.98 Å². The van der Waals surface area contributed by atoms with E-state index in [-0.39, 0.29) is 6.04 Å². The fourth-order valence-electron chi connectivity index (χ4n) is 2.08. The first-order valence-electron chi connectivity index (χ1n) is 5.89. The van der Waals surface area contributed by atoms with E-state index >= 15 is 0 Å². The molecule has 1 atom stereocenters. The van der Waals surface area contributed by atoms with Crippen LogP contribution < -0.4 is 10.6 Å². The zero-order valence-corrected chi connectivity index (χ0v) is 10.1. The van der Waals surface area contributed by atoms with Gasteiger partial charge in [0.05, 0.1) is 5.56 Å². The number of nitrogens with zero attached hydrogens (tertiary/aromatic N) is 2. The second-order valence-electron chi connectivity index (χ2n) is 4.65. The Morgan fingerprint density at radius 3 is 2.50 bits per heavy atom. The summed E-state index contributed by atoms with van der Waals surface area (Å²) in [5.41, 5.74) is 4.98. The maximum Gasteiger partial charge on any atom is 0.417 e. The number of hydrogen-bond donors (Lipinski definition) is 1. The molecule has 1 aromatic rings. The Morgan fingerprint density at radius 1 is 1.44 bits per heavy atom. The third-order valence-corrected chi connectivity index (χ3v) is 3.34. The summed E-state index contributed by atoms with van der Waals surface area (Å²) in [5, 5.41) is 0. The number of anilines is 1. The van der Waals surface area contributed by atoms with Crippen molar-refractivity contribution in [2.45, 2.75) is 25.1 Å². The highest BCUT2D eigenvalue weighted by atomic mass is 19.4. The average molecular weight is 259 g/mol. The van der Waals surface area contributed by atoms with Crippen molar-refractivity contribution in [3.8, 4) is 0 Å². The lowest BCUT2D eigenvalue weighted by Gasteiger charge is -2.28. The van der Waals surface area contributed by atoms with Crippen LogP contribution in [-0.2, 0) is 6.18 Å². The van der Waals surface area contributed by atoms with Crippen LogP contribution in [0, 0.1) is 5.92 Å². The van der Waals surface area contributed by atoms with Crippen molar-refractivity contribution in [1.29, 1.82) is 0 Å². The summed E-state index contributed by atoms with van der Waals surface area (Å²) in [6.45, 7) is 0.490. The molecule has 1 unspecified atom stereocenters. The lowest BCUT2D eigenvalue weighted by atomic mass is 10.1. The van der Waals surface area contributed by atoms with E-state index in [4.69, 9.17) is 5.73 Å². The van der Waals surface area contributed by atoms with Gasteiger partial charge in [0.25, 0.3) is 0 Å². The second-order valence-corrected chi connectivity index (χ2v) is 4.65. The molecular formula is C12H16F3N3. The van der Waals surface area contributed by atoms with Crippen molar-refractivity contribution in [3.05, 3.63) is 23.9 Å². The molecule has 18 heavy (non-hydrogen) atoms. The monoisotopic (exact) mass is 259 g/mol. The number of halogens is 3. The Morgan fingerprint density at radius 2 is 2.11 bits per heavy atom. The van der Waals surface area contributed by atoms with Crippen LogP contribution in [0.15, 0.2) is 18.3 Å². The van der Waals surface area contributed by atoms with Gasteiger partial charge < -0.3 is 10.6 Å². The van der Waals surface area contributed by atoms with E-state index < -0.39 is 11.7 Å². The Bertz CT molecular complexity index is 398. The van der Waals surface area contributed by atoms with Crippen molar-refractivity contribution in [2.75, 3.05) is 18.5 Å². The smallest absolute Gasteiger partial charge is 0.355 e. The predicted molar refractivity (Wildman–Crippen MR) is 63.2 cm³/mol. The number of alkyl halides is 3. The first-order chi connectivity index (χ1) is 8.43. The fraction of sp³-hybridized carbons (Fsp3) is 0.583. The van der Waals surface area contributed by atoms with Crippen molar-refractivity contribution >= 4 is 5.82 Å². The Labute approximate surface area is 104 Å². The molecule has 1 fully saturated rings. The van der Waals surface area contributed by atoms with Gasteiger partial charge in [0.1, 0.15) is 5.82 Å². The fourth-order valence-corrected chi connectivity index (χ4v) is 2.08. The highest BCUT2D eigenvalue weighted by Gasteiger charge is 2.34. The van der Waals surface area contributed by atoms with Crippen LogP contribution in [0.1, 0.15) is 18.4 Å². The van der Waals surface area contributed by atoms with Crippen molar-refractivity contribution in [3.63, 3.8) is 0 Å². The summed E-state index contributed by atoms with van der Waals surface area (Å²) in [6.07, 6.45) is -1.21. The van der Waals surface area contributed by atoms with Crippen LogP contribution >= 0.6 is 0 Å². The number of likely N-dealkylation sites (N-methyl/N-ethyl adjacent to an activating group) is 1. The van der Waals surface area contributed by atoms with Crippen LogP contribution in [0.3, 0.4) is 0 Å². The molecule has 1 aliphatic carbocycles. The first-order valence-corrected chi connectivity index (χ1v) is 5.89.